The SMILES string of the molecule is COc1ccccc1-c1ccc2cnc(Nc3ccc4c(c3)N3CCC4CC3)nn12. The van der Waals surface area contributed by atoms with Gasteiger partial charge in [0.25, 0.3) is 0 Å². The summed E-state index contributed by atoms with van der Waals surface area (Å²) in [6.45, 7) is 2.32. The average molecular weight is 397 g/mol. The smallest absolute Gasteiger partial charge is 0.245 e. The van der Waals surface area contributed by atoms with Gasteiger partial charge in [-0.25, -0.2) is 9.50 Å². The van der Waals surface area contributed by atoms with Gasteiger partial charge < -0.3 is 15.0 Å². The Morgan fingerprint density at radius 2 is 1.90 bits per heavy atom. The molecule has 2 aromatic carbocycles. The van der Waals surface area contributed by atoms with Crippen LogP contribution in [0.1, 0.15) is 24.3 Å². The molecule has 0 radical (unpaired) electrons. The fourth-order valence-corrected chi connectivity index (χ4v) is 4.82. The molecule has 0 amide bonds. The van der Waals surface area contributed by atoms with Crippen molar-refractivity contribution in [1.82, 2.24) is 14.6 Å². The monoisotopic (exact) mass is 397 g/mol. The predicted molar refractivity (Wildman–Crippen MR) is 119 cm³/mol. The van der Waals surface area contributed by atoms with E-state index < -0.39 is 0 Å². The highest BCUT2D eigenvalue weighted by Gasteiger charge is 2.30. The average Bonchev–Trinajstić information content (AvgIpc) is 3.23. The highest BCUT2D eigenvalue weighted by Crippen LogP contribution is 2.43. The van der Waals surface area contributed by atoms with Crippen LogP contribution in [0.4, 0.5) is 17.3 Å². The van der Waals surface area contributed by atoms with Crippen LogP contribution >= 0.6 is 0 Å². The minimum absolute atomic E-state index is 0.575. The molecule has 0 unspecified atom stereocenters. The molecule has 6 heteroatoms. The number of hydrogen-bond donors (Lipinski definition) is 1. The van der Waals surface area contributed by atoms with Crippen LogP contribution in [0.25, 0.3) is 16.8 Å². The number of rotatable bonds is 4. The van der Waals surface area contributed by atoms with Crippen molar-refractivity contribution in [3.63, 3.8) is 0 Å². The van der Waals surface area contributed by atoms with Gasteiger partial charge in [0.15, 0.2) is 0 Å². The maximum absolute atomic E-state index is 5.54. The Hall–Kier alpha value is -3.54. The molecule has 0 aliphatic carbocycles. The van der Waals surface area contributed by atoms with Crippen LogP contribution in [0, 0.1) is 0 Å². The number of hydrogen-bond acceptors (Lipinski definition) is 5. The van der Waals surface area contributed by atoms with E-state index in [2.05, 4.69) is 39.5 Å². The van der Waals surface area contributed by atoms with Gasteiger partial charge in [0.05, 0.1) is 24.5 Å². The summed E-state index contributed by atoms with van der Waals surface area (Å²) in [7, 11) is 1.69. The summed E-state index contributed by atoms with van der Waals surface area (Å²) in [6.07, 6.45) is 4.40. The second-order valence-electron chi connectivity index (χ2n) is 8.00. The van der Waals surface area contributed by atoms with E-state index in [0.717, 1.165) is 47.2 Å². The molecule has 2 bridgehead atoms. The van der Waals surface area contributed by atoms with E-state index in [-0.39, 0.29) is 0 Å². The molecule has 0 atom stereocenters. The lowest BCUT2D eigenvalue weighted by Crippen LogP contribution is -2.38. The van der Waals surface area contributed by atoms with Crippen LogP contribution < -0.4 is 15.0 Å². The molecule has 150 valence electrons. The van der Waals surface area contributed by atoms with Gasteiger partial charge in [-0.1, -0.05) is 18.2 Å². The number of para-hydroxylation sites is 1. The summed E-state index contributed by atoms with van der Waals surface area (Å²) in [5.74, 6) is 2.12. The van der Waals surface area contributed by atoms with Gasteiger partial charge >= 0.3 is 0 Å². The van der Waals surface area contributed by atoms with Gasteiger partial charge in [-0.05, 0) is 60.7 Å². The van der Waals surface area contributed by atoms with E-state index in [0.29, 0.717) is 5.95 Å². The summed E-state index contributed by atoms with van der Waals surface area (Å²) in [5, 5.41) is 8.17. The van der Waals surface area contributed by atoms with Gasteiger partial charge in [0.2, 0.25) is 5.95 Å². The number of methoxy groups -OCH3 is 1. The topological polar surface area (TPSA) is 54.7 Å². The van der Waals surface area contributed by atoms with Crippen LogP contribution in [-0.2, 0) is 0 Å². The zero-order valence-corrected chi connectivity index (χ0v) is 16.9. The van der Waals surface area contributed by atoms with Crippen molar-refractivity contribution < 1.29 is 4.74 Å². The minimum atomic E-state index is 0.575. The van der Waals surface area contributed by atoms with Crippen LogP contribution in [0.3, 0.4) is 0 Å². The van der Waals surface area contributed by atoms with E-state index in [1.807, 2.05) is 41.0 Å². The zero-order valence-electron chi connectivity index (χ0n) is 16.9. The van der Waals surface area contributed by atoms with Crippen molar-refractivity contribution in [2.75, 3.05) is 30.4 Å². The Morgan fingerprint density at radius 3 is 2.77 bits per heavy atom. The molecular formula is C24H23N5O. The Labute approximate surface area is 175 Å². The number of fused-ring (bicyclic) bond motifs is 3. The maximum Gasteiger partial charge on any atom is 0.245 e. The van der Waals surface area contributed by atoms with Crippen LogP contribution in [-0.4, -0.2) is 34.8 Å². The Balaban J connectivity index is 1.36. The summed E-state index contributed by atoms with van der Waals surface area (Å²) in [5.41, 5.74) is 6.78. The first-order chi connectivity index (χ1) is 14.8. The number of anilines is 3. The quantitative estimate of drug-likeness (QED) is 0.534. The molecular weight excluding hydrogens is 374 g/mol. The number of nitrogens with zero attached hydrogens (tertiary/aromatic N) is 4. The molecule has 30 heavy (non-hydrogen) atoms. The Kier molecular flexibility index (Phi) is 3.91. The molecule has 4 aromatic rings. The van der Waals surface area contributed by atoms with Crippen LogP contribution in [0.15, 0.2) is 60.8 Å². The van der Waals surface area contributed by atoms with Gasteiger partial charge in [0, 0.05) is 30.0 Å². The highest BCUT2D eigenvalue weighted by atomic mass is 16.5. The van der Waals surface area contributed by atoms with E-state index >= 15 is 0 Å². The molecule has 2 aromatic heterocycles. The lowest BCUT2D eigenvalue weighted by Gasteiger charge is -2.42. The molecule has 5 heterocycles. The first kappa shape index (κ1) is 17.3. The minimum Gasteiger partial charge on any atom is -0.496 e. The van der Waals surface area contributed by atoms with Gasteiger partial charge in [-0.3, -0.25) is 0 Å². The summed E-state index contributed by atoms with van der Waals surface area (Å²) in [4.78, 5) is 7.02. The third-order valence-electron chi connectivity index (χ3n) is 6.34. The molecule has 7 rings (SSSR count). The predicted octanol–water partition coefficient (Wildman–Crippen LogP) is 4.85. The van der Waals surface area contributed by atoms with E-state index in [9.17, 15) is 0 Å². The first-order valence-electron chi connectivity index (χ1n) is 10.4. The lowest BCUT2D eigenvalue weighted by molar-refractivity contribution is 0.416. The third-order valence-corrected chi connectivity index (χ3v) is 6.34. The Bertz CT molecular complexity index is 1240. The molecule has 6 nitrogen and oxygen atoms in total. The second kappa shape index (κ2) is 6.76. The number of nitrogens with one attached hydrogen (secondary N) is 1. The number of ether oxygens (including phenoxy) is 1. The fourth-order valence-electron chi connectivity index (χ4n) is 4.82. The molecule has 1 saturated heterocycles. The normalized spacial score (nSPS) is 15.4. The van der Waals surface area contributed by atoms with Gasteiger partial charge in [-0.15, -0.1) is 5.10 Å². The van der Waals surface area contributed by atoms with Crippen LogP contribution in [0.2, 0.25) is 0 Å². The largest absolute Gasteiger partial charge is 0.496 e. The van der Waals surface area contributed by atoms with Crippen molar-refractivity contribution in [2.45, 2.75) is 18.8 Å². The van der Waals surface area contributed by atoms with E-state index in [4.69, 9.17) is 9.84 Å². The number of benzene rings is 2. The molecule has 3 aliphatic heterocycles. The number of aromatic nitrogens is 3. The van der Waals surface area contributed by atoms with E-state index in [1.54, 1.807) is 7.11 Å². The van der Waals surface area contributed by atoms with Crippen molar-refractivity contribution in [3.8, 4) is 17.0 Å². The highest BCUT2D eigenvalue weighted by molar-refractivity contribution is 5.72. The molecule has 0 spiro atoms. The standard InChI is InChI=1S/C24H23N5O/c1-30-23-5-3-2-4-20(23)21-9-7-18-15-25-24(27-29(18)21)26-17-6-8-19-16-10-12-28(13-11-16)22(19)14-17/h2-9,14-16H,10-13H2,1H3,(H,26,27). The van der Waals surface area contributed by atoms with Crippen molar-refractivity contribution in [2.24, 2.45) is 0 Å². The Morgan fingerprint density at radius 1 is 1.03 bits per heavy atom. The third kappa shape index (κ3) is 2.71. The fraction of sp³-hybridized carbons (Fsp3) is 0.250. The van der Waals surface area contributed by atoms with Crippen molar-refractivity contribution in [3.05, 3.63) is 66.4 Å². The number of piperidine rings is 1. The lowest BCUT2D eigenvalue weighted by atomic mass is 9.83. The molecule has 1 fully saturated rings. The zero-order chi connectivity index (χ0) is 20.1. The van der Waals surface area contributed by atoms with Crippen molar-refractivity contribution >= 4 is 22.8 Å². The summed E-state index contributed by atoms with van der Waals surface area (Å²) < 4.78 is 7.46. The first-order valence-corrected chi connectivity index (χ1v) is 10.4. The van der Waals surface area contributed by atoms with E-state index in [1.165, 1.54) is 24.1 Å². The van der Waals surface area contributed by atoms with Gasteiger partial charge in [0.1, 0.15) is 5.75 Å². The summed E-state index contributed by atoms with van der Waals surface area (Å²) in [6, 6.07) is 18.7. The maximum atomic E-state index is 5.54. The summed E-state index contributed by atoms with van der Waals surface area (Å²) >= 11 is 0. The van der Waals surface area contributed by atoms with Crippen molar-refractivity contribution in [1.29, 1.82) is 0 Å². The molecule has 1 N–H and O–H groups in total. The van der Waals surface area contributed by atoms with Gasteiger partial charge in [-0.2, -0.15) is 0 Å². The molecule has 3 aliphatic rings. The molecule has 0 saturated carbocycles. The van der Waals surface area contributed by atoms with Crippen LogP contribution in [0.5, 0.6) is 5.75 Å². The second-order valence-corrected chi connectivity index (χ2v) is 8.00.